The molecule has 0 saturated heterocycles. The summed E-state index contributed by atoms with van der Waals surface area (Å²) in [5.41, 5.74) is 1.15. The first-order chi connectivity index (χ1) is 17.4. The van der Waals surface area contributed by atoms with Gasteiger partial charge in [-0.1, -0.05) is 42.5 Å². The van der Waals surface area contributed by atoms with E-state index in [1.165, 1.54) is 4.90 Å². The number of para-hydroxylation sites is 1. The van der Waals surface area contributed by atoms with Crippen LogP contribution < -0.4 is 20.7 Å². The van der Waals surface area contributed by atoms with E-state index in [0.29, 0.717) is 12.2 Å². The van der Waals surface area contributed by atoms with Crippen molar-refractivity contribution in [2.75, 3.05) is 20.2 Å². The molecule has 2 aromatic rings. The highest BCUT2D eigenvalue weighted by Crippen LogP contribution is 2.20. The highest BCUT2D eigenvalue weighted by atomic mass is 16.5. The van der Waals surface area contributed by atoms with Crippen LogP contribution in [0.1, 0.15) is 41.6 Å². The highest BCUT2D eigenvalue weighted by Gasteiger charge is 2.31. The molecule has 2 aromatic carbocycles. The number of hydrogen-bond donors (Lipinski definition) is 3. The van der Waals surface area contributed by atoms with Crippen molar-refractivity contribution in [3.63, 3.8) is 0 Å². The molecule has 0 unspecified atom stereocenters. The lowest BCUT2D eigenvalue weighted by Gasteiger charge is -2.29. The molecule has 9 heteroatoms. The smallest absolute Gasteiger partial charge is 0.255 e. The molecule has 4 amide bonds. The molecule has 0 aromatic heterocycles. The normalized spacial score (nSPS) is 21.7. The summed E-state index contributed by atoms with van der Waals surface area (Å²) in [5, 5.41) is 8.42. The van der Waals surface area contributed by atoms with Crippen LogP contribution in [0.25, 0.3) is 0 Å². The van der Waals surface area contributed by atoms with E-state index in [9.17, 15) is 19.2 Å². The summed E-state index contributed by atoms with van der Waals surface area (Å²) in [6.45, 7) is 0.423. The van der Waals surface area contributed by atoms with Gasteiger partial charge in [0, 0.05) is 19.5 Å². The van der Waals surface area contributed by atoms with Crippen LogP contribution >= 0.6 is 0 Å². The number of nitrogens with zero attached hydrogens (tertiary/aromatic N) is 1. The van der Waals surface area contributed by atoms with Gasteiger partial charge in [0.05, 0.1) is 18.5 Å². The summed E-state index contributed by atoms with van der Waals surface area (Å²) in [6, 6.07) is 14.2. The van der Waals surface area contributed by atoms with Crippen molar-refractivity contribution in [2.45, 2.75) is 50.2 Å². The van der Waals surface area contributed by atoms with Crippen LogP contribution in [-0.2, 0) is 20.8 Å². The van der Waals surface area contributed by atoms with Crippen molar-refractivity contribution in [3.05, 3.63) is 65.7 Å². The Bertz CT molecular complexity index is 1100. The van der Waals surface area contributed by atoms with Gasteiger partial charge in [-0.15, -0.1) is 0 Å². The molecular formula is C27H32N4O5. The van der Waals surface area contributed by atoms with Crippen molar-refractivity contribution in [3.8, 4) is 5.75 Å². The molecule has 1 aliphatic carbocycles. The minimum Gasteiger partial charge on any atom is -0.491 e. The maximum Gasteiger partial charge on any atom is 0.255 e. The standard InChI is InChI=1S/C27H32N4O5/c1-31-14-15-36-23-13-6-5-12-20(23)25(33)30-21(26(34)28-19-10-7-11-19)17-24(32)29-22(27(31)35)16-18-8-3-2-4-9-18/h2-6,8-9,12-13,19,21-22H,7,10-11,14-17H2,1H3,(H,28,34)(H,29,32)(H,30,33)/t21-,22-/m0/s1. The van der Waals surface area contributed by atoms with Gasteiger partial charge in [-0.2, -0.15) is 0 Å². The van der Waals surface area contributed by atoms with Crippen molar-refractivity contribution in [1.82, 2.24) is 20.9 Å². The Labute approximate surface area is 210 Å². The quantitative estimate of drug-likeness (QED) is 0.597. The number of carbonyl (C=O) groups is 4. The third-order valence-electron chi connectivity index (χ3n) is 6.57. The number of benzene rings is 2. The number of ether oxygens (including phenoxy) is 1. The molecule has 0 spiro atoms. The Hall–Kier alpha value is -3.88. The lowest BCUT2D eigenvalue weighted by molar-refractivity contribution is -0.136. The van der Waals surface area contributed by atoms with Gasteiger partial charge in [-0.3, -0.25) is 19.2 Å². The van der Waals surface area contributed by atoms with Gasteiger partial charge < -0.3 is 25.6 Å². The zero-order valence-corrected chi connectivity index (χ0v) is 20.4. The Kier molecular flexibility index (Phi) is 8.20. The van der Waals surface area contributed by atoms with Crippen LogP contribution in [0.15, 0.2) is 54.6 Å². The predicted octanol–water partition coefficient (Wildman–Crippen LogP) is 1.42. The lowest BCUT2D eigenvalue weighted by Crippen LogP contribution is -2.55. The van der Waals surface area contributed by atoms with Gasteiger partial charge in [0.25, 0.3) is 5.91 Å². The Morgan fingerprint density at radius 2 is 1.75 bits per heavy atom. The molecule has 1 heterocycles. The van der Waals surface area contributed by atoms with Crippen LogP contribution in [0.2, 0.25) is 0 Å². The van der Waals surface area contributed by atoms with Gasteiger partial charge in [0.15, 0.2) is 0 Å². The number of carbonyl (C=O) groups excluding carboxylic acids is 4. The van der Waals surface area contributed by atoms with Crippen LogP contribution in [0.3, 0.4) is 0 Å². The SMILES string of the molecule is CN1CCOc2ccccc2C(=O)N[C@H](C(=O)NC2CCC2)CC(=O)N[C@@H](Cc2ccccc2)C1=O. The molecule has 1 saturated carbocycles. The average molecular weight is 493 g/mol. The van der Waals surface area contributed by atoms with E-state index in [2.05, 4.69) is 16.0 Å². The first-order valence-electron chi connectivity index (χ1n) is 12.3. The van der Waals surface area contributed by atoms with Gasteiger partial charge in [-0.25, -0.2) is 0 Å². The molecular weight excluding hydrogens is 460 g/mol. The maximum absolute atomic E-state index is 13.3. The molecule has 0 bridgehead atoms. The fourth-order valence-corrected chi connectivity index (χ4v) is 4.24. The number of nitrogens with one attached hydrogen (secondary N) is 3. The Balaban J connectivity index is 1.60. The molecule has 9 nitrogen and oxygen atoms in total. The number of fused-ring (bicyclic) bond motifs is 1. The van der Waals surface area contributed by atoms with E-state index in [0.717, 1.165) is 24.8 Å². The molecule has 2 aliphatic rings. The fourth-order valence-electron chi connectivity index (χ4n) is 4.24. The van der Waals surface area contributed by atoms with Gasteiger partial charge >= 0.3 is 0 Å². The Morgan fingerprint density at radius 1 is 1.03 bits per heavy atom. The summed E-state index contributed by atoms with van der Waals surface area (Å²) < 4.78 is 5.84. The predicted molar refractivity (Wildman–Crippen MR) is 133 cm³/mol. The number of amides is 4. The van der Waals surface area contributed by atoms with E-state index in [1.807, 2.05) is 30.3 Å². The molecule has 2 atom stereocenters. The minimum absolute atomic E-state index is 0.0437. The van der Waals surface area contributed by atoms with Crippen LogP contribution in [-0.4, -0.2) is 66.9 Å². The Morgan fingerprint density at radius 3 is 2.47 bits per heavy atom. The number of hydrogen-bond acceptors (Lipinski definition) is 5. The number of rotatable bonds is 4. The molecule has 36 heavy (non-hydrogen) atoms. The van der Waals surface area contributed by atoms with Crippen molar-refractivity contribution in [2.24, 2.45) is 0 Å². The maximum atomic E-state index is 13.3. The monoisotopic (exact) mass is 492 g/mol. The molecule has 3 N–H and O–H groups in total. The van der Waals surface area contributed by atoms with Crippen LogP contribution in [0.4, 0.5) is 0 Å². The molecule has 0 radical (unpaired) electrons. The third kappa shape index (κ3) is 6.41. The summed E-state index contributed by atoms with van der Waals surface area (Å²) in [5.74, 6) is -1.34. The lowest BCUT2D eigenvalue weighted by atomic mass is 9.93. The van der Waals surface area contributed by atoms with Crippen molar-refractivity contribution < 1.29 is 23.9 Å². The van der Waals surface area contributed by atoms with Crippen LogP contribution in [0.5, 0.6) is 5.75 Å². The summed E-state index contributed by atoms with van der Waals surface area (Å²) in [4.78, 5) is 54.0. The second kappa shape index (κ2) is 11.7. The van der Waals surface area contributed by atoms with E-state index in [1.54, 1.807) is 31.3 Å². The van der Waals surface area contributed by atoms with Gasteiger partial charge in [0.2, 0.25) is 17.7 Å². The van der Waals surface area contributed by atoms with E-state index in [4.69, 9.17) is 4.74 Å². The van der Waals surface area contributed by atoms with Crippen LogP contribution in [0, 0.1) is 0 Å². The first kappa shape index (κ1) is 25.2. The zero-order chi connectivity index (χ0) is 25.5. The van der Waals surface area contributed by atoms with Gasteiger partial charge in [0.1, 0.15) is 24.4 Å². The third-order valence-corrected chi connectivity index (χ3v) is 6.57. The summed E-state index contributed by atoms with van der Waals surface area (Å²) in [6.07, 6.45) is 2.77. The largest absolute Gasteiger partial charge is 0.491 e. The average Bonchev–Trinajstić information content (AvgIpc) is 2.85. The van der Waals surface area contributed by atoms with E-state index < -0.39 is 29.8 Å². The van der Waals surface area contributed by atoms with Crippen molar-refractivity contribution >= 4 is 23.6 Å². The second-order valence-corrected chi connectivity index (χ2v) is 9.28. The van der Waals surface area contributed by atoms with Gasteiger partial charge in [-0.05, 0) is 37.0 Å². The topological polar surface area (TPSA) is 117 Å². The number of likely N-dealkylation sites (N-methyl/N-ethyl adjacent to an activating group) is 1. The molecule has 4 rings (SSSR count). The molecule has 1 aliphatic heterocycles. The fraction of sp³-hybridized carbons (Fsp3) is 0.407. The summed E-state index contributed by atoms with van der Waals surface area (Å²) in [7, 11) is 1.65. The second-order valence-electron chi connectivity index (χ2n) is 9.28. The van der Waals surface area contributed by atoms with E-state index in [-0.39, 0.29) is 37.1 Å². The summed E-state index contributed by atoms with van der Waals surface area (Å²) >= 11 is 0. The molecule has 1 fully saturated rings. The molecule has 190 valence electrons. The van der Waals surface area contributed by atoms with E-state index >= 15 is 0 Å². The minimum atomic E-state index is -1.10. The first-order valence-corrected chi connectivity index (χ1v) is 12.3. The van der Waals surface area contributed by atoms with Crippen molar-refractivity contribution in [1.29, 1.82) is 0 Å². The highest BCUT2D eigenvalue weighted by molar-refractivity contribution is 6.01. The zero-order valence-electron chi connectivity index (χ0n) is 20.4.